The molecule has 1 saturated heterocycles. The van der Waals surface area contributed by atoms with Crippen LogP contribution in [0.4, 0.5) is 4.79 Å². The van der Waals surface area contributed by atoms with Crippen molar-refractivity contribution in [1.82, 2.24) is 4.90 Å². The lowest BCUT2D eigenvalue weighted by molar-refractivity contribution is -0.164. The summed E-state index contributed by atoms with van der Waals surface area (Å²) >= 11 is 0. The lowest BCUT2D eigenvalue weighted by atomic mass is 9.96. The average Bonchev–Trinajstić information content (AvgIpc) is 3.03. The zero-order valence-electron chi connectivity index (χ0n) is 18.6. The highest BCUT2D eigenvalue weighted by Gasteiger charge is 2.59. The van der Waals surface area contributed by atoms with E-state index in [-0.39, 0.29) is 5.91 Å². The van der Waals surface area contributed by atoms with Crippen LogP contribution in [0.3, 0.4) is 0 Å². The molecular weight excluding hydrogens is 374 g/mol. The number of carbonyl (C=O) groups is 2. The number of imide groups is 1. The van der Waals surface area contributed by atoms with E-state index in [4.69, 9.17) is 13.6 Å². The molecule has 2 unspecified atom stereocenters. The van der Waals surface area contributed by atoms with Crippen molar-refractivity contribution in [2.75, 3.05) is 0 Å². The van der Waals surface area contributed by atoms with Gasteiger partial charge in [-0.15, -0.1) is 0 Å². The van der Waals surface area contributed by atoms with Crippen molar-refractivity contribution in [3.63, 3.8) is 0 Å². The molecule has 6 nitrogen and oxygen atoms in total. The number of hydrogen-bond donors (Lipinski definition) is 0. The lowest BCUT2D eigenvalue weighted by Gasteiger charge is -2.51. The number of rotatable bonds is 6. The van der Waals surface area contributed by atoms with Crippen LogP contribution in [0.15, 0.2) is 22.8 Å². The molecule has 1 aliphatic rings. The maximum atomic E-state index is 13.0. The summed E-state index contributed by atoms with van der Waals surface area (Å²) in [7, 11) is -2.31. The van der Waals surface area contributed by atoms with Gasteiger partial charge in [0.15, 0.2) is 6.10 Å². The van der Waals surface area contributed by atoms with E-state index < -0.39 is 32.2 Å². The zero-order valence-corrected chi connectivity index (χ0v) is 19.6. The van der Waals surface area contributed by atoms with Gasteiger partial charge in [-0.05, 0) is 49.5 Å². The second-order valence-electron chi connectivity index (χ2n) is 9.50. The van der Waals surface area contributed by atoms with Crippen molar-refractivity contribution < 1.29 is 23.2 Å². The van der Waals surface area contributed by atoms with Gasteiger partial charge in [0.25, 0.3) is 5.91 Å². The van der Waals surface area contributed by atoms with Crippen LogP contribution >= 0.6 is 0 Å². The molecule has 1 aliphatic heterocycles. The van der Waals surface area contributed by atoms with Crippen molar-refractivity contribution in [3.05, 3.63) is 24.2 Å². The van der Waals surface area contributed by atoms with Crippen LogP contribution in [-0.2, 0) is 14.0 Å². The molecule has 0 bridgehead atoms. The van der Waals surface area contributed by atoms with Gasteiger partial charge in [0.1, 0.15) is 17.4 Å². The zero-order chi connectivity index (χ0) is 21.4. The minimum absolute atomic E-state index is 0.327. The summed E-state index contributed by atoms with van der Waals surface area (Å²) in [6, 6.07) is 2.93. The molecular formula is C21H35NO5Si. The van der Waals surface area contributed by atoms with Crippen LogP contribution < -0.4 is 0 Å². The van der Waals surface area contributed by atoms with E-state index in [1.165, 1.54) is 0 Å². The van der Waals surface area contributed by atoms with Gasteiger partial charge in [0, 0.05) is 0 Å². The predicted octanol–water partition coefficient (Wildman–Crippen LogP) is 5.66. The number of amides is 2. The first-order chi connectivity index (χ1) is 12.8. The van der Waals surface area contributed by atoms with Crippen LogP contribution in [0.5, 0.6) is 0 Å². The minimum atomic E-state index is -2.31. The first kappa shape index (κ1) is 22.7. The van der Waals surface area contributed by atoms with Gasteiger partial charge < -0.3 is 13.6 Å². The maximum absolute atomic E-state index is 13.0. The van der Waals surface area contributed by atoms with Crippen molar-refractivity contribution in [3.8, 4) is 0 Å². The fourth-order valence-corrected chi connectivity index (χ4v) is 9.94. The Bertz CT molecular complexity index is 668. The molecule has 2 heterocycles. The van der Waals surface area contributed by atoms with Crippen LogP contribution in [0.2, 0.25) is 16.6 Å². The molecule has 2 amide bonds. The molecule has 0 radical (unpaired) electrons. The van der Waals surface area contributed by atoms with E-state index in [2.05, 4.69) is 41.5 Å². The minimum Gasteiger partial charge on any atom is -0.467 e. The van der Waals surface area contributed by atoms with E-state index in [1.54, 1.807) is 39.2 Å². The molecule has 2 rings (SSSR count). The lowest BCUT2D eigenvalue weighted by Crippen LogP contribution is -2.66. The molecule has 1 fully saturated rings. The summed E-state index contributed by atoms with van der Waals surface area (Å²) in [4.78, 5) is 26.8. The predicted molar refractivity (Wildman–Crippen MR) is 110 cm³/mol. The van der Waals surface area contributed by atoms with E-state index in [9.17, 15) is 9.59 Å². The quantitative estimate of drug-likeness (QED) is 0.448. The molecule has 7 heteroatoms. The fourth-order valence-electron chi connectivity index (χ4n) is 4.46. The van der Waals surface area contributed by atoms with E-state index in [0.29, 0.717) is 22.4 Å². The summed E-state index contributed by atoms with van der Waals surface area (Å²) in [6.45, 7) is 18.3. The van der Waals surface area contributed by atoms with Crippen molar-refractivity contribution >= 4 is 20.3 Å². The van der Waals surface area contributed by atoms with Gasteiger partial charge in [-0.25, -0.2) is 9.69 Å². The fraction of sp³-hybridized carbons (Fsp3) is 0.714. The summed E-state index contributed by atoms with van der Waals surface area (Å²) in [6.07, 6.45) is 0.155. The Balaban J connectivity index is 2.38. The smallest absolute Gasteiger partial charge is 0.417 e. The van der Waals surface area contributed by atoms with Gasteiger partial charge in [-0.2, -0.15) is 0 Å². The first-order valence-electron chi connectivity index (χ1n) is 10.1. The Kier molecular flexibility index (Phi) is 6.50. The second-order valence-corrected chi connectivity index (χ2v) is 14.9. The molecule has 0 spiro atoms. The number of β-lactam (4-membered cyclic amide) rings is 1. The number of carbonyl (C=O) groups excluding carboxylic acids is 2. The summed E-state index contributed by atoms with van der Waals surface area (Å²) in [5.74, 6) is 0.184. The Hall–Kier alpha value is -1.60. The molecule has 0 N–H and O–H groups in total. The molecule has 0 saturated carbocycles. The Morgan fingerprint density at radius 3 is 2.04 bits per heavy atom. The summed E-state index contributed by atoms with van der Waals surface area (Å²) in [5.41, 5.74) is 0.290. The molecule has 0 aliphatic carbocycles. The van der Waals surface area contributed by atoms with E-state index >= 15 is 0 Å². The Morgan fingerprint density at radius 2 is 1.64 bits per heavy atom. The van der Waals surface area contributed by atoms with E-state index in [0.717, 1.165) is 4.90 Å². The van der Waals surface area contributed by atoms with Crippen LogP contribution in [0, 0.1) is 0 Å². The van der Waals surface area contributed by atoms with Crippen molar-refractivity contribution in [2.24, 2.45) is 0 Å². The Labute approximate surface area is 169 Å². The largest absolute Gasteiger partial charge is 0.467 e. The second kappa shape index (κ2) is 8.03. The average molecular weight is 410 g/mol. The number of hydrogen-bond acceptors (Lipinski definition) is 5. The molecule has 28 heavy (non-hydrogen) atoms. The van der Waals surface area contributed by atoms with Gasteiger partial charge in [0.05, 0.1) is 6.26 Å². The number of ether oxygens (including phenoxy) is 1. The van der Waals surface area contributed by atoms with Crippen molar-refractivity contribution in [1.29, 1.82) is 0 Å². The molecule has 158 valence electrons. The number of furan rings is 1. The standard InChI is InChI=1S/C21H35NO5Si/c1-13(2)28(14(3)4,15(5)6)27-18-17(16-11-10-12-25-16)22(19(18)23)20(24)26-21(7,8)9/h10-15,17-18H,1-9H3. The third kappa shape index (κ3) is 4.05. The van der Waals surface area contributed by atoms with E-state index in [1.807, 2.05) is 0 Å². The van der Waals surface area contributed by atoms with Crippen molar-refractivity contribution in [2.45, 2.75) is 96.7 Å². The highest BCUT2D eigenvalue weighted by molar-refractivity contribution is 6.77. The van der Waals surface area contributed by atoms with Crippen LogP contribution in [0.1, 0.15) is 74.1 Å². The third-order valence-electron chi connectivity index (χ3n) is 5.51. The molecule has 2 atom stereocenters. The summed E-state index contributed by atoms with van der Waals surface area (Å²) in [5, 5.41) is 0. The van der Waals surface area contributed by atoms with Gasteiger partial charge in [-0.1, -0.05) is 41.5 Å². The molecule has 1 aromatic heterocycles. The number of likely N-dealkylation sites (tertiary alicyclic amines) is 1. The number of nitrogens with zero attached hydrogens (tertiary/aromatic N) is 1. The maximum Gasteiger partial charge on any atom is 0.417 e. The van der Waals surface area contributed by atoms with Gasteiger partial charge >= 0.3 is 6.09 Å². The van der Waals surface area contributed by atoms with Gasteiger partial charge in [-0.3, -0.25) is 4.79 Å². The molecule has 0 aromatic carbocycles. The van der Waals surface area contributed by atoms with Crippen LogP contribution in [-0.4, -0.2) is 36.9 Å². The first-order valence-corrected chi connectivity index (χ1v) is 12.2. The SMILES string of the molecule is CC(C)[Si](OC1C(=O)N(C(=O)OC(C)(C)C)C1c1ccco1)(C(C)C)C(C)C. The van der Waals surface area contributed by atoms with Gasteiger partial charge in [0.2, 0.25) is 8.32 Å². The topological polar surface area (TPSA) is 69.0 Å². The third-order valence-corrected chi connectivity index (χ3v) is 11.6. The monoisotopic (exact) mass is 409 g/mol. The van der Waals surface area contributed by atoms with Crippen LogP contribution in [0.25, 0.3) is 0 Å². The Morgan fingerprint density at radius 1 is 1.11 bits per heavy atom. The molecule has 1 aromatic rings. The highest BCUT2D eigenvalue weighted by Crippen LogP contribution is 2.48. The normalized spacial score (nSPS) is 20.9. The highest BCUT2D eigenvalue weighted by atomic mass is 28.4. The summed E-state index contributed by atoms with van der Waals surface area (Å²) < 4.78 is 17.7.